The minimum atomic E-state index is 0.473. The Morgan fingerprint density at radius 2 is 2.14 bits per heavy atom. The molecule has 1 N–H and O–H groups in total. The number of hydrogen-bond donors (Lipinski definition) is 1. The second-order valence-corrected chi connectivity index (χ2v) is 6.64. The summed E-state index contributed by atoms with van der Waals surface area (Å²) in [6.45, 7) is 8.60. The Morgan fingerprint density at radius 3 is 2.95 bits per heavy atom. The van der Waals surface area contributed by atoms with Gasteiger partial charge >= 0.3 is 0 Å². The summed E-state index contributed by atoms with van der Waals surface area (Å²) in [7, 11) is 0. The SMILES string of the molecule is Cc1ccccc1Cc1nsc(N2CC(C)NCC2C)n1. The zero-order valence-electron chi connectivity index (χ0n) is 12.8. The van der Waals surface area contributed by atoms with Gasteiger partial charge in [-0.3, -0.25) is 0 Å². The molecule has 2 atom stereocenters. The van der Waals surface area contributed by atoms with E-state index in [1.54, 1.807) is 0 Å². The van der Waals surface area contributed by atoms with Gasteiger partial charge in [0.1, 0.15) is 5.82 Å². The average molecular weight is 302 g/mol. The molecule has 2 aromatic rings. The van der Waals surface area contributed by atoms with E-state index in [1.807, 2.05) is 0 Å². The van der Waals surface area contributed by atoms with Gasteiger partial charge in [0.05, 0.1) is 0 Å². The van der Waals surface area contributed by atoms with Crippen LogP contribution in [0, 0.1) is 6.92 Å². The molecule has 2 heterocycles. The van der Waals surface area contributed by atoms with E-state index in [4.69, 9.17) is 4.98 Å². The Balaban J connectivity index is 1.76. The molecule has 4 nitrogen and oxygen atoms in total. The van der Waals surface area contributed by atoms with Gasteiger partial charge in [0.15, 0.2) is 0 Å². The summed E-state index contributed by atoms with van der Waals surface area (Å²) >= 11 is 1.52. The zero-order valence-corrected chi connectivity index (χ0v) is 13.7. The first-order valence-corrected chi connectivity index (χ1v) is 8.28. The summed E-state index contributed by atoms with van der Waals surface area (Å²) in [5.74, 6) is 0.933. The first-order chi connectivity index (χ1) is 10.1. The monoisotopic (exact) mass is 302 g/mol. The third kappa shape index (κ3) is 3.24. The Bertz CT molecular complexity index is 610. The molecule has 0 spiro atoms. The Labute approximate surface area is 130 Å². The Morgan fingerprint density at radius 1 is 1.33 bits per heavy atom. The van der Waals surface area contributed by atoms with Crippen molar-refractivity contribution in [2.45, 2.75) is 39.3 Å². The quantitative estimate of drug-likeness (QED) is 0.946. The van der Waals surface area contributed by atoms with Crippen molar-refractivity contribution in [3.05, 3.63) is 41.2 Å². The predicted octanol–water partition coefficient (Wildman–Crippen LogP) is 2.62. The lowest BCUT2D eigenvalue weighted by Gasteiger charge is -2.37. The minimum absolute atomic E-state index is 0.473. The third-order valence-corrected chi connectivity index (χ3v) is 4.87. The molecule has 5 heteroatoms. The molecule has 2 unspecified atom stereocenters. The molecule has 1 aliphatic rings. The van der Waals surface area contributed by atoms with Crippen LogP contribution >= 0.6 is 11.5 Å². The fraction of sp³-hybridized carbons (Fsp3) is 0.500. The molecular weight excluding hydrogens is 280 g/mol. The summed E-state index contributed by atoms with van der Waals surface area (Å²) in [6.07, 6.45) is 0.819. The molecule has 1 aliphatic heterocycles. The molecule has 0 radical (unpaired) electrons. The molecule has 0 aliphatic carbocycles. The number of aromatic nitrogens is 2. The van der Waals surface area contributed by atoms with Crippen LogP contribution in [0.3, 0.4) is 0 Å². The maximum atomic E-state index is 4.76. The van der Waals surface area contributed by atoms with Crippen LogP contribution < -0.4 is 10.2 Å². The number of rotatable bonds is 3. The van der Waals surface area contributed by atoms with E-state index in [1.165, 1.54) is 22.7 Å². The van der Waals surface area contributed by atoms with Gasteiger partial charge in [-0.2, -0.15) is 4.37 Å². The lowest BCUT2D eigenvalue weighted by molar-refractivity contribution is 0.424. The van der Waals surface area contributed by atoms with Crippen molar-refractivity contribution >= 4 is 16.7 Å². The van der Waals surface area contributed by atoms with E-state index in [2.05, 4.69) is 59.6 Å². The summed E-state index contributed by atoms with van der Waals surface area (Å²) in [5, 5.41) is 4.56. The molecule has 3 rings (SSSR count). The number of anilines is 1. The van der Waals surface area contributed by atoms with E-state index in [0.717, 1.165) is 30.5 Å². The van der Waals surface area contributed by atoms with E-state index >= 15 is 0 Å². The number of nitrogens with one attached hydrogen (secondary N) is 1. The van der Waals surface area contributed by atoms with Gasteiger partial charge in [0.25, 0.3) is 0 Å². The first kappa shape index (κ1) is 14.5. The molecule has 1 fully saturated rings. The lowest BCUT2D eigenvalue weighted by atomic mass is 10.1. The van der Waals surface area contributed by atoms with Crippen LogP contribution in [0.25, 0.3) is 0 Å². The number of aryl methyl sites for hydroxylation is 1. The molecule has 0 amide bonds. The van der Waals surface area contributed by atoms with Gasteiger partial charge in [-0.15, -0.1) is 0 Å². The number of benzene rings is 1. The van der Waals surface area contributed by atoms with Gasteiger partial charge in [0, 0.05) is 43.1 Å². The largest absolute Gasteiger partial charge is 0.341 e. The summed E-state index contributed by atoms with van der Waals surface area (Å²) in [5.41, 5.74) is 2.61. The van der Waals surface area contributed by atoms with Gasteiger partial charge in [0.2, 0.25) is 5.13 Å². The maximum absolute atomic E-state index is 4.76. The van der Waals surface area contributed by atoms with Crippen molar-refractivity contribution in [3.8, 4) is 0 Å². The minimum Gasteiger partial charge on any atom is -0.341 e. The van der Waals surface area contributed by atoms with Crippen molar-refractivity contribution in [2.75, 3.05) is 18.0 Å². The average Bonchev–Trinajstić information content (AvgIpc) is 2.92. The van der Waals surface area contributed by atoms with Crippen molar-refractivity contribution in [1.82, 2.24) is 14.7 Å². The number of nitrogens with zero attached hydrogens (tertiary/aromatic N) is 3. The first-order valence-electron chi connectivity index (χ1n) is 7.50. The van der Waals surface area contributed by atoms with Gasteiger partial charge in [-0.1, -0.05) is 24.3 Å². The van der Waals surface area contributed by atoms with Crippen molar-refractivity contribution < 1.29 is 0 Å². The molecule has 0 saturated carbocycles. The second kappa shape index (κ2) is 6.12. The number of piperazine rings is 1. The highest BCUT2D eigenvalue weighted by Crippen LogP contribution is 2.23. The fourth-order valence-electron chi connectivity index (χ4n) is 2.70. The molecular formula is C16H22N4S. The second-order valence-electron chi connectivity index (χ2n) is 5.91. The summed E-state index contributed by atoms with van der Waals surface area (Å²) in [4.78, 5) is 7.14. The van der Waals surface area contributed by atoms with Crippen LogP contribution in [-0.4, -0.2) is 34.5 Å². The standard InChI is InChI=1S/C16H22N4S/c1-11-6-4-5-7-14(11)8-15-18-16(21-19-15)20-10-12(2)17-9-13(20)3/h4-7,12-13,17H,8-10H2,1-3H3. The molecule has 1 aromatic heterocycles. The van der Waals surface area contributed by atoms with E-state index < -0.39 is 0 Å². The van der Waals surface area contributed by atoms with Crippen LogP contribution in [0.1, 0.15) is 30.8 Å². The molecule has 1 saturated heterocycles. The Kier molecular flexibility index (Phi) is 4.22. The highest BCUT2D eigenvalue weighted by molar-refractivity contribution is 7.09. The predicted molar refractivity (Wildman–Crippen MR) is 88.2 cm³/mol. The Hall–Kier alpha value is -1.46. The normalized spacial score (nSPS) is 22.5. The van der Waals surface area contributed by atoms with Crippen LogP contribution in [0.4, 0.5) is 5.13 Å². The van der Waals surface area contributed by atoms with Crippen molar-refractivity contribution in [3.63, 3.8) is 0 Å². The lowest BCUT2D eigenvalue weighted by Crippen LogP contribution is -2.54. The highest BCUT2D eigenvalue weighted by atomic mass is 32.1. The van der Waals surface area contributed by atoms with Gasteiger partial charge in [-0.05, 0) is 31.9 Å². The molecule has 21 heavy (non-hydrogen) atoms. The molecule has 1 aromatic carbocycles. The van der Waals surface area contributed by atoms with E-state index in [-0.39, 0.29) is 0 Å². The van der Waals surface area contributed by atoms with Gasteiger partial charge < -0.3 is 10.2 Å². The van der Waals surface area contributed by atoms with Crippen LogP contribution in [-0.2, 0) is 6.42 Å². The zero-order chi connectivity index (χ0) is 14.8. The van der Waals surface area contributed by atoms with E-state index in [0.29, 0.717) is 12.1 Å². The summed E-state index contributed by atoms with van der Waals surface area (Å²) < 4.78 is 4.56. The van der Waals surface area contributed by atoms with Crippen LogP contribution in [0.15, 0.2) is 24.3 Å². The van der Waals surface area contributed by atoms with Crippen molar-refractivity contribution in [2.24, 2.45) is 0 Å². The van der Waals surface area contributed by atoms with Crippen LogP contribution in [0.2, 0.25) is 0 Å². The fourth-order valence-corrected chi connectivity index (χ4v) is 3.50. The highest BCUT2D eigenvalue weighted by Gasteiger charge is 2.25. The maximum Gasteiger partial charge on any atom is 0.205 e. The smallest absolute Gasteiger partial charge is 0.205 e. The topological polar surface area (TPSA) is 41.1 Å². The third-order valence-electron chi connectivity index (χ3n) is 4.08. The number of hydrogen-bond acceptors (Lipinski definition) is 5. The summed E-state index contributed by atoms with van der Waals surface area (Å²) in [6, 6.07) is 9.43. The molecule has 112 valence electrons. The molecule has 0 bridgehead atoms. The van der Waals surface area contributed by atoms with Crippen LogP contribution in [0.5, 0.6) is 0 Å². The van der Waals surface area contributed by atoms with Crippen molar-refractivity contribution in [1.29, 1.82) is 0 Å². The van der Waals surface area contributed by atoms with E-state index in [9.17, 15) is 0 Å². The van der Waals surface area contributed by atoms with Gasteiger partial charge in [-0.25, -0.2) is 4.98 Å².